The monoisotopic (exact) mass is 187 g/mol. The summed E-state index contributed by atoms with van der Waals surface area (Å²) < 4.78 is 0. The number of nitrogens with zero attached hydrogens (tertiary/aromatic N) is 1. The van der Waals surface area contributed by atoms with Crippen molar-refractivity contribution in [3.63, 3.8) is 0 Å². The molecule has 0 bridgehead atoms. The Balaban J connectivity index is 2.35. The number of carbonyl (C=O) groups excluding carboxylic acids is 1. The molecule has 1 aliphatic carbocycles. The van der Waals surface area contributed by atoms with Gasteiger partial charge in [0.25, 0.3) is 0 Å². The fourth-order valence-electron chi connectivity index (χ4n) is 1.76. The molecule has 0 N–H and O–H groups in total. The Morgan fingerprint density at radius 1 is 1.36 bits per heavy atom. The second-order valence-corrected chi connectivity index (χ2v) is 3.68. The maximum Gasteiger partial charge on any atom is 0.155 e. The Kier molecular flexibility index (Phi) is 2.44. The highest BCUT2D eigenvalue weighted by atomic mass is 16.1. The van der Waals surface area contributed by atoms with Gasteiger partial charge < -0.3 is 0 Å². The molecule has 0 atom stereocenters. The summed E-state index contributed by atoms with van der Waals surface area (Å²) >= 11 is 0. The zero-order valence-electron chi connectivity index (χ0n) is 8.29. The summed E-state index contributed by atoms with van der Waals surface area (Å²) in [4.78, 5) is 15.4. The van der Waals surface area contributed by atoms with Crippen LogP contribution >= 0.6 is 0 Å². The van der Waals surface area contributed by atoms with E-state index in [1.54, 1.807) is 12.3 Å². The van der Waals surface area contributed by atoms with Crippen molar-refractivity contribution in [3.8, 4) is 0 Å². The first-order valence-electron chi connectivity index (χ1n) is 4.92. The molecule has 0 amide bonds. The van der Waals surface area contributed by atoms with Gasteiger partial charge in [-0.1, -0.05) is 0 Å². The van der Waals surface area contributed by atoms with Crippen molar-refractivity contribution in [2.75, 3.05) is 0 Å². The molecule has 2 rings (SSSR count). The summed E-state index contributed by atoms with van der Waals surface area (Å²) in [7, 11) is 0. The normalized spacial score (nSPS) is 16.6. The smallest absolute Gasteiger partial charge is 0.155 e. The Hall–Kier alpha value is -1.44. The van der Waals surface area contributed by atoms with E-state index >= 15 is 0 Å². The summed E-state index contributed by atoms with van der Waals surface area (Å²) in [5, 5.41) is 0. The zero-order valence-corrected chi connectivity index (χ0v) is 8.29. The first-order valence-corrected chi connectivity index (χ1v) is 4.92. The van der Waals surface area contributed by atoms with Gasteiger partial charge in [-0.15, -0.1) is 0 Å². The number of hydrogen-bond donors (Lipinski definition) is 0. The van der Waals surface area contributed by atoms with Crippen LogP contribution in [-0.4, -0.2) is 10.8 Å². The highest BCUT2D eigenvalue weighted by Gasteiger charge is 2.11. The van der Waals surface area contributed by atoms with E-state index in [1.165, 1.54) is 0 Å². The highest BCUT2D eigenvalue weighted by molar-refractivity contribution is 5.98. The molecule has 14 heavy (non-hydrogen) atoms. The van der Waals surface area contributed by atoms with Crippen LogP contribution in [0.25, 0.3) is 5.57 Å². The summed E-state index contributed by atoms with van der Waals surface area (Å²) in [5.41, 5.74) is 3.30. The van der Waals surface area contributed by atoms with Gasteiger partial charge in [-0.05, 0) is 49.1 Å². The third kappa shape index (κ3) is 1.90. The number of rotatable bonds is 1. The minimum atomic E-state index is 0.251. The largest absolute Gasteiger partial charge is 0.295 e. The lowest BCUT2D eigenvalue weighted by atomic mass is 9.93. The van der Waals surface area contributed by atoms with Gasteiger partial charge in [-0.2, -0.15) is 0 Å². The molecule has 1 aromatic heterocycles. The van der Waals surface area contributed by atoms with Gasteiger partial charge in [-0.3, -0.25) is 9.78 Å². The van der Waals surface area contributed by atoms with Crippen LogP contribution in [-0.2, 0) is 4.79 Å². The van der Waals surface area contributed by atoms with Crippen molar-refractivity contribution >= 4 is 11.4 Å². The van der Waals surface area contributed by atoms with Crippen LogP contribution in [0.15, 0.2) is 24.4 Å². The Bertz CT molecular complexity index is 393. The van der Waals surface area contributed by atoms with Gasteiger partial charge in [0.2, 0.25) is 0 Å². The summed E-state index contributed by atoms with van der Waals surface area (Å²) in [6.07, 6.45) is 6.26. The second-order valence-electron chi connectivity index (χ2n) is 3.68. The molecular formula is C12H13NO. The zero-order chi connectivity index (χ0) is 9.97. The fraction of sp³-hybridized carbons (Fsp3) is 0.333. The number of ketones is 1. The topological polar surface area (TPSA) is 30.0 Å². The molecule has 0 unspecified atom stereocenters. The van der Waals surface area contributed by atoms with E-state index in [0.717, 1.165) is 29.7 Å². The molecule has 0 spiro atoms. The van der Waals surface area contributed by atoms with Crippen LogP contribution in [0.5, 0.6) is 0 Å². The van der Waals surface area contributed by atoms with Crippen molar-refractivity contribution in [2.45, 2.75) is 26.2 Å². The predicted octanol–water partition coefficient (Wildman–Crippen LogP) is 2.53. The SMILES string of the molecule is Cc1cc(C2=CC(=O)CCC2)ccn1. The van der Waals surface area contributed by atoms with Gasteiger partial charge in [0.1, 0.15) is 0 Å². The first-order chi connectivity index (χ1) is 6.75. The average molecular weight is 187 g/mol. The van der Waals surface area contributed by atoms with E-state index in [2.05, 4.69) is 4.98 Å². The van der Waals surface area contributed by atoms with Crippen LogP contribution in [0.2, 0.25) is 0 Å². The molecule has 72 valence electrons. The maximum atomic E-state index is 11.2. The Morgan fingerprint density at radius 2 is 2.21 bits per heavy atom. The number of pyridine rings is 1. The van der Waals surface area contributed by atoms with Gasteiger partial charge in [0, 0.05) is 18.3 Å². The lowest BCUT2D eigenvalue weighted by Gasteiger charge is -2.12. The molecule has 1 heterocycles. The Morgan fingerprint density at radius 3 is 2.93 bits per heavy atom. The number of aryl methyl sites for hydroxylation is 1. The molecule has 1 aliphatic rings. The molecule has 2 heteroatoms. The van der Waals surface area contributed by atoms with Crippen molar-refractivity contribution in [1.29, 1.82) is 0 Å². The van der Waals surface area contributed by atoms with Gasteiger partial charge in [0.05, 0.1) is 0 Å². The molecule has 2 nitrogen and oxygen atoms in total. The summed E-state index contributed by atoms with van der Waals surface area (Å²) in [5.74, 6) is 0.251. The highest BCUT2D eigenvalue weighted by Crippen LogP contribution is 2.24. The molecule has 0 saturated carbocycles. The minimum Gasteiger partial charge on any atom is -0.295 e. The Labute approximate surface area is 83.7 Å². The molecular weight excluding hydrogens is 174 g/mol. The van der Waals surface area contributed by atoms with E-state index in [-0.39, 0.29) is 5.78 Å². The number of carbonyl (C=O) groups is 1. The molecule has 0 fully saturated rings. The van der Waals surface area contributed by atoms with Gasteiger partial charge >= 0.3 is 0 Å². The molecule has 0 saturated heterocycles. The summed E-state index contributed by atoms with van der Waals surface area (Å²) in [6, 6.07) is 4.00. The van der Waals surface area contributed by atoms with E-state index in [4.69, 9.17) is 0 Å². The van der Waals surface area contributed by atoms with E-state index in [9.17, 15) is 4.79 Å². The predicted molar refractivity (Wildman–Crippen MR) is 55.8 cm³/mol. The van der Waals surface area contributed by atoms with Crippen LogP contribution in [0.3, 0.4) is 0 Å². The molecule has 0 aromatic carbocycles. The van der Waals surface area contributed by atoms with Crippen LogP contribution in [0.4, 0.5) is 0 Å². The van der Waals surface area contributed by atoms with Crippen molar-refractivity contribution < 1.29 is 4.79 Å². The quantitative estimate of drug-likeness (QED) is 0.676. The van der Waals surface area contributed by atoms with Crippen LogP contribution < -0.4 is 0 Å². The lowest BCUT2D eigenvalue weighted by molar-refractivity contribution is -0.114. The van der Waals surface area contributed by atoms with Crippen LogP contribution in [0.1, 0.15) is 30.5 Å². The number of aromatic nitrogens is 1. The van der Waals surface area contributed by atoms with Crippen molar-refractivity contribution in [1.82, 2.24) is 4.98 Å². The molecule has 0 radical (unpaired) electrons. The van der Waals surface area contributed by atoms with Crippen molar-refractivity contribution in [3.05, 3.63) is 35.7 Å². The third-order valence-electron chi connectivity index (χ3n) is 2.47. The van der Waals surface area contributed by atoms with E-state index in [0.29, 0.717) is 6.42 Å². The first kappa shape index (κ1) is 9.13. The standard InChI is InChI=1S/C12H13NO/c1-9-7-11(5-6-13-9)10-3-2-4-12(14)8-10/h5-8H,2-4H2,1H3. The van der Waals surface area contributed by atoms with E-state index < -0.39 is 0 Å². The molecule has 0 aliphatic heterocycles. The molecule has 1 aromatic rings. The van der Waals surface area contributed by atoms with Crippen LogP contribution in [0, 0.1) is 6.92 Å². The second kappa shape index (κ2) is 3.74. The van der Waals surface area contributed by atoms with E-state index in [1.807, 2.05) is 19.1 Å². The number of allylic oxidation sites excluding steroid dienone is 2. The number of hydrogen-bond acceptors (Lipinski definition) is 2. The minimum absolute atomic E-state index is 0.251. The fourth-order valence-corrected chi connectivity index (χ4v) is 1.76. The third-order valence-corrected chi connectivity index (χ3v) is 2.47. The summed E-state index contributed by atoms with van der Waals surface area (Å²) in [6.45, 7) is 1.97. The van der Waals surface area contributed by atoms with Gasteiger partial charge in [-0.25, -0.2) is 0 Å². The van der Waals surface area contributed by atoms with Crippen molar-refractivity contribution in [2.24, 2.45) is 0 Å². The maximum absolute atomic E-state index is 11.2. The van der Waals surface area contributed by atoms with Gasteiger partial charge in [0.15, 0.2) is 5.78 Å². The average Bonchev–Trinajstić information content (AvgIpc) is 2.18. The lowest BCUT2D eigenvalue weighted by Crippen LogP contribution is -2.02.